The zero-order valence-electron chi connectivity index (χ0n) is 18.2. The van der Waals surface area contributed by atoms with Crippen LogP contribution in [0.3, 0.4) is 0 Å². The third-order valence-corrected chi connectivity index (χ3v) is 4.40. The van der Waals surface area contributed by atoms with Crippen LogP contribution in [0.25, 0.3) is 0 Å². The molecule has 0 heterocycles. The summed E-state index contributed by atoms with van der Waals surface area (Å²) in [5, 5.41) is 8.76. The van der Waals surface area contributed by atoms with E-state index in [1.165, 1.54) is 19.3 Å². The van der Waals surface area contributed by atoms with Gasteiger partial charge >= 0.3 is 0 Å². The number of carbonyl (C=O) groups is 2. The Bertz CT molecular complexity index is 804. The van der Waals surface area contributed by atoms with Crippen LogP contribution in [-0.4, -0.2) is 31.0 Å². The van der Waals surface area contributed by atoms with Crippen LogP contribution >= 0.6 is 0 Å². The largest absolute Gasteiger partial charge is 0.494 e. The molecule has 3 N–H and O–H groups in total. The average molecular weight is 412 g/mol. The lowest BCUT2D eigenvalue weighted by Gasteiger charge is -2.11. The number of anilines is 2. The summed E-state index contributed by atoms with van der Waals surface area (Å²) in [5.41, 5.74) is 1.98. The molecule has 0 saturated heterocycles. The first-order valence-electron chi connectivity index (χ1n) is 10.7. The van der Waals surface area contributed by atoms with Crippen LogP contribution in [0.1, 0.15) is 56.8 Å². The number of hydrogen-bond acceptors (Lipinski definition) is 4. The monoisotopic (exact) mass is 411 g/mol. The summed E-state index contributed by atoms with van der Waals surface area (Å²) in [4.78, 5) is 24.3. The molecule has 0 aliphatic rings. The van der Waals surface area contributed by atoms with E-state index in [0.29, 0.717) is 23.5 Å². The standard InChI is InChI=1S/C24H33N3O3/c1-4-5-6-7-15-30-22-13-11-20(12-14-22)27-23(28)17-25-21-10-8-9-19(16-21)24(29)26-18(2)3/h8-14,16,18,25H,4-7,15,17H2,1-3H3,(H,26,29)(H,27,28). The molecule has 0 spiro atoms. The molecule has 0 radical (unpaired) electrons. The van der Waals surface area contributed by atoms with E-state index in [1.54, 1.807) is 18.2 Å². The molecular formula is C24H33N3O3. The van der Waals surface area contributed by atoms with Gasteiger partial charge in [0.2, 0.25) is 5.91 Å². The molecule has 6 nitrogen and oxygen atoms in total. The quantitative estimate of drug-likeness (QED) is 0.437. The van der Waals surface area contributed by atoms with Gasteiger partial charge in [0.05, 0.1) is 13.2 Å². The SMILES string of the molecule is CCCCCCOc1ccc(NC(=O)CNc2cccc(C(=O)NC(C)C)c2)cc1. The Morgan fingerprint density at radius 3 is 2.43 bits per heavy atom. The van der Waals surface area contributed by atoms with Crippen molar-refractivity contribution in [3.8, 4) is 5.75 Å². The summed E-state index contributed by atoms with van der Waals surface area (Å²) in [6.45, 7) is 6.83. The number of benzene rings is 2. The molecule has 0 atom stereocenters. The van der Waals surface area contributed by atoms with Gasteiger partial charge in [-0.05, 0) is 62.7 Å². The second-order valence-corrected chi connectivity index (χ2v) is 7.54. The van der Waals surface area contributed by atoms with Crippen molar-refractivity contribution in [2.45, 2.75) is 52.5 Å². The van der Waals surface area contributed by atoms with E-state index in [2.05, 4.69) is 22.9 Å². The summed E-state index contributed by atoms with van der Waals surface area (Å²) in [7, 11) is 0. The summed E-state index contributed by atoms with van der Waals surface area (Å²) in [5.74, 6) is 0.505. The van der Waals surface area contributed by atoms with Crippen LogP contribution in [0, 0.1) is 0 Å². The van der Waals surface area contributed by atoms with Crippen LogP contribution in [-0.2, 0) is 4.79 Å². The summed E-state index contributed by atoms with van der Waals surface area (Å²) >= 11 is 0. The van der Waals surface area contributed by atoms with Gasteiger partial charge in [-0.1, -0.05) is 32.3 Å². The normalized spacial score (nSPS) is 10.5. The Labute approximate surface area is 179 Å². The summed E-state index contributed by atoms with van der Waals surface area (Å²) < 4.78 is 5.71. The van der Waals surface area contributed by atoms with Gasteiger partial charge in [0, 0.05) is 23.0 Å². The van der Waals surface area contributed by atoms with Crippen molar-refractivity contribution in [1.82, 2.24) is 5.32 Å². The molecule has 0 aromatic heterocycles. The van der Waals surface area contributed by atoms with Crippen molar-refractivity contribution in [2.75, 3.05) is 23.8 Å². The minimum atomic E-state index is -0.166. The van der Waals surface area contributed by atoms with Gasteiger partial charge in [0.1, 0.15) is 5.75 Å². The Morgan fingerprint density at radius 2 is 1.73 bits per heavy atom. The number of rotatable bonds is 12. The van der Waals surface area contributed by atoms with Crippen molar-refractivity contribution in [3.63, 3.8) is 0 Å². The van der Waals surface area contributed by atoms with Crippen molar-refractivity contribution in [3.05, 3.63) is 54.1 Å². The van der Waals surface area contributed by atoms with E-state index in [4.69, 9.17) is 4.74 Å². The third kappa shape index (κ3) is 8.55. The smallest absolute Gasteiger partial charge is 0.251 e. The van der Waals surface area contributed by atoms with Gasteiger partial charge in [-0.3, -0.25) is 9.59 Å². The Hall–Kier alpha value is -3.02. The van der Waals surface area contributed by atoms with Crippen molar-refractivity contribution < 1.29 is 14.3 Å². The van der Waals surface area contributed by atoms with Crippen LogP contribution in [0.5, 0.6) is 5.75 Å². The molecule has 0 fully saturated rings. The minimum Gasteiger partial charge on any atom is -0.494 e. The van der Waals surface area contributed by atoms with Crippen molar-refractivity contribution in [2.24, 2.45) is 0 Å². The van der Waals surface area contributed by atoms with Crippen LogP contribution in [0.4, 0.5) is 11.4 Å². The minimum absolute atomic E-state index is 0.0674. The Morgan fingerprint density at radius 1 is 0.967 bits per heavy atom. The molecule has 30 heavy (non-hydrogen) atoms. The van der Waals surface area contributed by atoms with E-state index in [1.807, 2.05) is 44.2 Å². The first-order valence-corrected chi connectivity index (χ1v) is 10.7. The maximum absolute atomic E-state index is 12.2. The molecule has 162 valence electrons. The second-order valence-electron chi connectivity index (χ2n) is 7.54. The number of carbonyl (C=O) groups excluding carboxylic acids is 2. The van der Waals surface area contributed by atoms with Gasteiger partial charge in [-0.15, -0.1) is 0 Å². The highest BCUT2D eigenvalue weighted by Crippen LogP contribution is 2.16. The maximum atomic E-state index is 12.2. The van der Waals surface area contributed by atoms with Gasteiger partial charge < -0.3 is 20.7 Å². The predicted molar refractivity (Wildman–Crippen MR) is 122 cm³/mol. The highest BCUT2D eigenvalue weighted by molar-refractivity contribution is 5.96. The second kappa shape index (κ2) is 12.5. The fourth-order valence-corrected chi connectivity index (χ4v) is 2.86. The topological polar surface area (TPSA) is 79.5 Å². The lowest BCUT2D eigenvalue weighted by atomic mass is 10.1. The molecular weight excluding hydrogens is 378 g/mol. The average Bonchev–Trinajstić information content (AvgIpc) is 2.73. The van der Waals surface area contributed by atoms with E-state index < -0.39 is 0 Å². The molecule has 0 aliphatic heterocycles. The van der Waals surface area contributed by atoms with Crippen molar-refractivity contribution >= 4 is 23.2 Å². The summed E-state index contributed by atoms with van der Waals surface area (Å²) in [6, 6.07) is 14.5. The number of hydrogen-bond donors (Lipinski definition) is 3. The molecule has 0 aliphatic carbocycles. The van der Waals surface area contributed by atoms with Crippen molar-refractivity contribution in [1.29, 1.82) is 0 Å². The molecule has 0 bridgehead atoms. The number of unbranched alkanes of at least 4 members (excludes halogenated alkanes) is 3. The lowest BCUT2D eigenvalue weighted by molar-refractivity contribution is -0.114. The first-order chi connectivity index (χ1) is 14.5. The van der Waals surface area contributed by atoms with E-state index in [9.17, 15) is 9.59 Å². The van der Waals surface area contributed by atoms with Gasteiger partial charge in [-0.2, -0.15) is 0 Å². The molecule has 6 heteroatoms. The Balaban J connectivity index is 1.77. The number of amides is 2. The molecule has 0 saturated carbocycles. The van der Waals surface area contributed by atoms with Gasteiger partial charge in [0.15, 0.2) is 0 Å². The van der Waals surface area contributed by atoms with Gasteiger partial charge in [-0.25, -0.2) is 0 Å². The predicted octanol–water partition coefficient (Wildman–Crippen LogP) is 4.83. The number of ether oxygens (including phenoxy) is 1. The molecule has 2 aromatic rings. The van der Waals surface area contributed by atoms with Gasteiger partial charge in [0.25, 0.3) is 5.91 Å². The first kappa shape index (κ1) is 23.3. The van der Waals surface area contributed by atoms with Crippen LogP contribution in [0.2, 0.25) is 0 Å². The fraction of sp³-hybridized carbons (Fsp3) is 0.417. The zero-order valence-corrected chi connectivity index (χ0v) is 18.2. The van der Waals surface area contributed by atoms with E-state index in [-0.39, 0.29) is 24.4 Å². The highest BCUT2D eigenvalue weighted by atomic mass is 16.5. The molecule has 0 unspecified atom stereocenters. The third-order valence-electron chi connectivity index (χ3n) is 4.40. The summed E-state index contributed by atoms with van der Waals surface area (Å²) in [6.07, 6.45) is 4.68. The number of nitrogens with one attached hydrogen (secondary N) is 3. The zero-order chi connectivity index (χ0) is 21.8. The van der Waals surface area contributed by atoms with E-state index >= 15 is 0 Å². The fourth-order valence-electron chi connectivity index (χ4n) is 2.86. The molecule has 2 aromatic carbocycles. The van der Waals surface area contributed by atoms with E-state index in [0.717, 1.165) is 12.2 Å². The Kier molecular flexibility index (Phi) is 9.71. The molecule has 2 rings (SSSR count). The maximum Gasteiger partial charge on any atom is 0.251 e. The van der Waals surface area contributed by atoms with Crippen LogP contribution < -0.4 is 20.7 Å². The highest BCUT2D eigenvalue weighted by Gasteiger charge is 2.08. The van der Waals surface area contributed by atoms with Crippen LogP contribution in [0.15, 0.2) is 48.5 Å². The molecule has 2 amide bonds. The lowest BCUT2D eigenvalue weighted by Crippen LogP contribution is -2.30.